The van der Waals surface area contributed by atoms with E-state index in [1.165, 1.54) is 12.3 Å². The van der Waals surface area contributed by atoms with E-state index in [1.807, 2.05) is 0 Å². The molecule has 0 fully saturated rings. The SMILES string of the molecule is [O-][N+]1=C2C=c3cc(Cl)ccc3=C[N+]2([O-])c2cc(Cl)ccc21. The number of rotatable bonds is 0. The third kappa shape index (κ3) is 1.68. The molecule has 1 atom stereocenters. The van der Waals surface area contributed by atoms with Crippen molar-refractivity contribution in [1.82, 2.24) is 4.65 Å². The van der Waals surface area contributed by atoms with Crippen molar-refractivity contribution < 1.29 is 4.74 Å². The maximum atomic E-state index is 13.2. The highest BCUT2D eigenvalue weighted by Gasteiger charge is 2.45. The molecule has 0 amide bonds. The standard InChI is InChI=1S/C15H8Cl2N2O2/c16-11-2-1-9-8-19(21)14-7-12(17)3-4-13(14)18(20)15(19)6-10(9)5-11/h1-8H. The summed E-state index contributed by atoms with van der Waals surface area (Å²) in [6, 6.07) is 9.90. The van der Waals surface area contributed by atoms with Crippen molar-refractivity contribution in [3.63, 3.8) is 0 Å². The summed E-state index contributed by atoms with van der Waals surface area (Å²) in [6.45, 7) is 0. The summed E-state index contributed by atoms with van der Waals surface area (Å²) in [5.41, 5.74) is 0.639. The molecule has 2 aromatic rings. The van der Waals surface area contributed by atoms with E-state index < -0.39 is 4.65 Å². The summed E-state index contributed by atoms with van der Waals surface area (Å²) >= 11 is 11.9. The van der Waals surface area contributed by atoms with Gasteiger partial charge in [0.2, 0.25) is 5.69 Å². The molecule has 6 heteroatoms. The molecule has 0 saturated carbocycles. The van der Waals surface area contributed by atoms with Gasteiger partial charge in [0.1, 0.15) is 6.20 Å². The Morgan fingerprint density at radius 3 is 2.48 bits per heavy atom. The van der Waals surface area contributed by atoms with Crippen LogP contribution in [-0.2, 0) is 0 Å². The van der Waals surface area contributed by atoms with Crippen molar-refractivity contribution in [1.29, 1.82) is 0 Å². The smallest absolute Gasteiger partial charge is 0.391 e. The number of nitrogens with zero attached hydrogens (tertiary/aromatic N) is 2. The van der Waals surface area contributed by atoms with Crippen LogP contribution in [0.5, 0.6) is 0 Å². The molecular weight excluding hydrogens is 311 g/mol. The quantitative estimate of drug-likeness (QED) is 0.426. The number of amidine groups is 1. The molecule has 0 radical (unpaired) electrons. The van der Waals surface area contributed by atoms with Crippen LogP contribution >= 0.6 is 23.2 Å². The van der Waals surface area contributed by atoms with Gasteiger partial charge in [-0.1, -0.05) is 23.2 Å². The van der Waals surface area contributed by atoms with Crippen LogP contribution in [0.4, 0.5) is 11.4 Å². The van der Waals surface area contributed by atoms with Crippen molar-refractivity contribution >= 4 is 52.7 Å². The Labute approximate surface area is 129 Å². The predicted octanol–water partition coefficient (Wildman–Crippen LogP) is 2.58. The van der Waals surface area contributed by atoms with Gasteiger partial charge in [-0.3, -0.25) is 0 Å². The second-order valence-corrected chi connectivity index (χ2v) is 5.86. The average molecular weight is 319 g/mol. The Hall–Kier alpha value is -1.85. The van der Waals surface area contributed by atoms with Crippen molar-refractivity contribution in [2.45, 2.75) is 0 Å². The molecule has 0 spiro atoms. The number of hydrogen-bond acceptors (Lipinski definition) is 2. The molecular formula is C15H8Cl2N2O2. The highest BCUT2D eigenvalue weighted by molar-refractivity contribution is 6.31. The van der Waals surface area contributed by atoms with Crippen molar-refractivity contribution in [2.24, 2.45) is 0 Å². The Morgan fingerprint density at radius 1 is 0.952 bits per heavy atom. The zero-order chi connectivity index (χ0) is 14.8. The van der Waals surface area contributed by atoms with Crippen LogP contribution in [0.2, 0.25) is 10.0 Å². The van der Waals surface area contributed by atoms with Crippen LogP contribution in [0.1, 0.15) is 0 Å². The second kappa shape index (κ2) is 4.08. The van der Waals surface area contributed by atoms with Crippen LogP contribution in [0, 0.1) is 10.4 Å². The van der Waals surface area contributed by atoms with Gasteiger partial charge in [0.25, 0.3) is 5.69 Å². The lowest BCUT2D eigenvalue weighted by Crippen LogP contribution is -2.49. The number of hydrogen-bond donors (Lipinski definition) is 0. The normalized spacial score (nSPS) is 22.0. The van der Waals surface area contributed by atoms with Crippen molar-refractivity contribution in [3.8, 4) is 0 Å². The van der Waals surface area contributed by atoms with Crippen LogP contribution in [0.25, 0.3) is 12.3 Å². The van der Waals surface area contributed by atoms with E-state index in [0.29, 0.717) is 26.2 Å². The lowest BCUT2D eigenvalue weighted by Gasteiger charge is -2.30. The van der Waals surface area contributed by atoms with Gasteiger partial charge in [0.15, 0.2) is 0 Å². The molecule has 0 saturated heterocycles. The van der Waals surface area contributed by atoms with E-state index >= 15 is 0 Å². The minimum Gasteiger partial charge on any atom is -0.614 e. The summed E-state index contributed by atoms with van der Waals surface area (Å²) in [5.74, 6) is 0.0852. The lowest BCUT2D eigenvalue weighted by molar-refractivity contribution is -0.356. The largest absolute Gasteiger partial charge is 0.614 e. The van der Waals surface area contributed by atoms with Gasteiger partial charge in [-0.15, -0.1) is 4.74 Å². The second-order valence-electron chi connectivity index (χ2n) is 4.99. The first-order valence-electron chi connectivity index (χ1n) is 6.24. The minimum atomic E-state index is -0.936. The first-order valence-corrected chi connectivity index (χ1v) is 6.99. The van der Waals surface area contributed by atoms with Crippen LogP contribution in [0.15, 0.2) is 36.4 Å². The number of hydroxylamine groups is 2. The number of benzene rings is 2. The topological polar surface area (TPSA) is 49.1 Å². The van der Waals surface area contributed by atoms with Gasteiger partial charge in [-0.2, -0.15) is 0 Å². The lowest BCUT2D eigenvalue weighted by atomic mass is 10.1. The van der Waals surface area contributed by atoms with Gasteiger partial charge < -0.3 is 10.4 Å². The van der Waals surface area contributed by atoms with Crippen molar-refractivity contribution in [3.05, 3.63) is 67.3 Å². The maximum Gasteiger partial charge on any atom is 0.391 e. The van der Waals surface area contributed by atoms with E-state index in [-0.39, 0.29) is 5.84 Å². The molecule has 2 aliphatic heterocycles. The van der Waals surface area contributed by atoms with Gasteiger partial charge in [-0.05, 0) is 24.3 Å². The Bertz CT molecular complexity index is 953. The molecule has 0 bridgehead atoms. The molecule has 4 rings (SSSR count). The van der Waals surface area contributed by atoms with Crippen LogP contribution < -0.4 is 15.1 Å². The number of fused-ring (bicyclic) bond motifs is 4. The first-order chi connectivity index (χ1) is 9.99. The molecule has 2 aliphatic rings. The van der Waals surface area contributed by atoms with Gasteiger partial charge in [0, 0.05) is 32.6 Å². The highest BCUT2D eigenvalue weighted by Crippen LogP contribution is 2.42. The fourth-order valence-corrected chi connectivity index (χ4v) is 3.08. The number of quaternary nitrogens is 1. The summed E-state index contributed by atoms with van der Waals surface area (Å²) in [7, 11) is 0. The monoisotopic (exact) mass is 318 g/mol. The van der Waals surface area contributed by atoms with Gasteiger partial charge in [0.05, 0.1) is 6.08 Å². The maximum absolute atomic E-state index is 13.2. The Kier molecular flexibility index (Phi) is 2.50. The van der Waals surface area contributed by atoms with Crippen LogP contribution in [-0.4, -0.2) is 10.6 Å². The molecule has 1 unspecified atom stereocenters. The van der Waals surface area contributed by atoms with E-state index in [2.05, 4.69) is 0 Å². The highest BCUT2D eigenvalue weighted by atomic mass is 35.5. The zero-order valence-corrected chi connectivity index (χ0v) is 12.1. The third-order valence-electron chi connectivity index (χ3n) is 3.72. The molecule has 104 valence electrons. The fraction of sp³-hybridized carbons (Fsp3) is 0. The van der Waals surface area contributed by atoms with E-state index in [1.54, 1.807) is 36.4 Å². The molecule has 0 aromatic heterocycles. The average Bonchev–Trinajstić information content (AvgIpc) is 2.65. The molecule has 4 nitrogen and oxygen atoms in total. The minimum absolute atomic E-state index is 0.0852. The molecule has 2 aromatic carbocycles. The molecule has 0 aliphatic carbocycles. The van der Waals surface area contributed by atoms with Crippen molar-refractivity contribution in [2.75, 3.05) is 0 Å². The number of halogens is 2. The van der Waals surface area contributed by atoms with Gasteiger partial charge >= 0.3 is 5.84 Å². The fourth-order valence-electron chi connectivity index (χ4n) is 2.73. The van der Waals surface area contributed by atoms with E-state index in [9.17, 15) is 10.4 Å². The molecule has 2 heterocycles. The summed E-state index contributed by atoms with van der Waals surface area (Å²) < 4.78 is -0.285. The first kappa shape index (κ1) is 12.9. The predicted molar refractivity (Wildman–Crippen MR) is 84.5 cm³/mol. The molecule has 21 heavy (non-hydrogen) atoms. The van der Waals surface area contributed by atoms with Gasteiger partial charge in [-0.25, -0.2) is 4.65 Å². The summed E-state index contributed by atoms with van der Waals surface area (Å²) in [4.78, 5) is 0. The van der Waals surface area contributed by atoms with Crippen LogP contribution in [0.3, 0.4) is 0 Å². The zero-order valence-electron chi connectivity index (χ0n) is 10.6. The summed E-state index contributed by atoms with van der Waals surface area (Å²) in [5, 5.41) is 28.0. The van der Waals surface area contributed by atoms with E-state index in [0.717, 1.165) is 10.4 Å². The summed E-state index contributed by atoms with van der Waals surface area (Å²) in [6.07, 6.45) is 3.07. The van der Waals surface area contributed by atoms with E-state index in [4.69, 9.17) is 23.2 Å². The Balaban J connectivity index is 2.12. The third-order valence-corrected chi connectivity index (χ3v) is 4.19. The molecule has 0 N–H and O–H groups in total. The Morgan fingerprint density at radius 2 is 1.67 bits per heavy atom.